The predicted octanol–water partition coefficient (Wildman–Crippen LogP) is 1.84. The summed E-state index contributed by atoms with van der Waals surface area (Å²) in [5.41, 5.74) is 7.48. The normalized spacial score (nSPS) is 15.9. The van der Waals surface area contributed by atoms with Crippen LogP contribution in [0, 0.1) is 22.7 Å². The standard InChI is InChI=1S/C21H16N8O2/c22-8-14-15(9-23)27-20-17(25-14)16(18(24)29(20)10-11-4-3-7-31-11)19-26-13-6-2-1-5-12(13)21(30)28-19/h1-2,5-6,11H,3-4,7,10,24H2,(H,26,28,30)/t11-/m0/s1. The third-order valence-electron chi connectivity index (χ3n) is 5.39. The smallest absolute Gasteiger partial charge is 0.259 e. The maximum Gasteiger partial charge on any atom is 0.259 e. The molecule has 10 nitrogen and oxygen atoms in total. The van der Waals surface area contributed by atoms with E-state index in [4.69, 9.17) is 10.5 Å². The third-order valence-corrected chi connectivity index (χ3v) is 5.39. The maximum absolute atomic E-state index is 12.6. The first kappa shape index (κ1) is 18.7. The summed E-state index contributed by atoms with van der Waals surface area (Å²) in [7, 11) is 0. The van der Waals surface area contributed by atoms with Crippen molar-refractivity contribution >= 4 is 27.9 Å². The number of anilines is 1. The maximum atomic E-state index is 12.6. The lowest BCUT2D eigenvalue weighted by atomic mass is 10.2. The number of benzene rings is 1. The van der Waals surface area contributed by atoms with E-state index in [2.05, 4.69) is 19.9 Å². The van der Waals surface area contributed by atoms with Gasteiger partial charge in [-0.1, -0.05) is 12.1 Å². The number of para-hydroxylation sites is 1. The summed E-state index contributed by atoms with van der Waals surface area (Å²) < 4.78 is 7.45. The molecule has 1 aromatic carbocycles. The molecule has 31 heavy (non-hydrogen) atoms. The average molecular weight is 412 g/mol. The van der Waals surface area contributed by atoms with Crippen LogP contribution >= 0.6 is 0 Å². The second kappa shape index (κ2) is 7.20. The fourth-order valence-corrected chi connectivity index (χ4v) is 3.92. The zero-order valence-corrected chi connectivity index (χ0v) is 16.3. The first-order valence-electron chi connectivity index (χ1n) is 9.71. The fraction of sp³-hybridized carbons (Fsp3) is 0.238. The zero-order valence-electron chi connectivity index (χ0n) is 16.3. The number of H-pyrrole nitrogens is 1. The molecule has 0 spiro atoms. The van der Waals surface area contributed by atoms with Crippen molar-refractivity contribution in [1.82, 2.24) is 24.5 Å². The molecule has 0 saturated carbocycles. The number of rotatable bonds is 3. The molecule has 3 aromatic heterocycles. The molecule has 1 fully saturated rings. The largest absolute Gasteiger partial charge is 0.384 e. The molecule has 0 aliphatic carbocycles. The highest BCUT2D eigenvalue weighted by molar-refractivity contribution is 5.97. The first-order valence-corrected chi connectivity index (χ1v) is 9.71. The Bertz CT molecular complexity index is 1480. The van der Waals surface area contributed by atoms with E-state index in [0.717, 1.165) is 12.8 Å². The van der Waals surface area contributed by atoms with Crippen molar-refractivity contribution in [2.75, 3.05) is 12.3 Å². The summed E-state index contributed by atoms with van der Waals surface area (Å²) in [5, 5.41) is 19.3. The molecule has 10 heteroatoms. The molecule has 0 radical (unpaired) electrons. The SMILES string of the molecule is N#Cc1nc2c(-c3nc4ccccc4c(=O)[nH]3)c(N)n(C[C@@H]3CCCO3)c2nc1C#N. The molecule has 0 amide bonds. The van der Waals surface area contributed by atoms with Gasteiger partial charge in [0.2, 0.25) is 0 Å². The third kappa shape index (κ3) is 2.98. The van der Waals surface area contributed by atoms with Gasteiger partial charge in [0.25, 0.3) is 5.56 Å². The predicted molar refractivity (Wildman–Crippen MR) is 112 cm³/mol. The average Bonchev–Trinajstić information content (AvgIpc) is 3.39. The van der Waals surface area contributed by atoms with Crippen LogP contribution < -0.4 is 11.3 Å². The van der Waals surface area contributed by atoms with Crippen LogP contribution in [0.15, 0.2) is 29.1 Å². The second-order valence-electron chi connectivity index (χ2n) is 7.25. The summed E-state index contributed by atoms with van der Waals surface area (Å²) in [6, 6.07) is 10.8. The summed E-state index contributed by atoms with van der Waals surface area (Å²) >= 11 is 0. The molecular weight excluding hydrogens is 396 g/mol. The van der Waals surface area contributed by atoms with Crippen LogP contribution in [0.2, 0.25) is 0 Å². The summed E-state index contributed by atoms with van der Waals surface area (Å²) in [4.78, 5) is 28.7. The Hall–Kier alpha value is -4.28. The summed E-state index contributed by atoms with van der Waals surface area (Å²) in [6.07, 6.45) is 1.76. The number of nitrogen functional groups attached to an aromatic ring is 1. The molecule has 0 unspecified atom stereocenters. The Labute approximate surface area is 175 Å². The first-order chi connectivity index (χ1) is 15.1. The van der Waals surface area contributed by atoms with Crippen molar-refractivity contribution in [2.45, 2.75) is 25.5 Å². The number of nitrogens with one attached hydrogen (secondary N) is 1. The van der Waals surface area contributed by atoms with Gasteiger partial charge in [-0.25, -0.2) is 15.0 Å². The monoisotopic (exact) mass is 412 g/mol. The van der Waals surface area contributed by atoms with Crippen LogP contribution in [0.3, 0.4) is 0 Å². The van der Waals surface area contributed by atoms with Gasteiger partial charge in [0.15, 0.2) is 17.0 Å². The number of hydrogen-bond acceptors (Lipinski definition) is 8. The Morgan fingerprint density at radius 1 is 1.19 bits per heavy atom. The van der Waals surface area contributed by atoms with E-state index in [9.17, 15) is 15.3 Å². The van der Waals surface area contributed by atoms with Crippen molar-refractivity contribution in [3.63, 3.8) is 0 Å². The van der Waals surface area contributed by atoms with Gasteiger partial charge in [-0.2, -0.15) is 10.5 Å². The van der Waals surface area contributed by atoms with E-state index in [-0.39, 0.29) is 34.7 Å². The van der Waals surface area contributed by atoms with Crippen molar-refractivity contribution in [3.8, 4) is 23.5 Å². The molecule has 1 saturated heterocycles. The molecule has 4 aromatic rings. The van der Waals surface area contributed by atoms with E-state index >= 15 is 0 Å². The lowest BCUT2D eigenvalue weighted by molar-refractivity contribution is 0.0983. The summed E-state index contributed by atoms with van der Waals surface area (Å²) in [5.74, 6) is 0.503. The van der Waals surface area contributed by atoms with Gasteiger partial charge in [-0.15, -0.1) is 0 Å². The van der Waals surface area contributed by atoms with Gasteiger partial charge in [0.1, 0.15) is 29.3 Å². The zero-order chi connectivity index (χ0) is 21.5. The van der Waals surface area contributed by atoms with Gasteiger partial charge in [0.05, 0.1) is 29.1 Å². The van der Waals surface area contributed by atoms with Crippen molar-refractivity contribution in [3.05, 3.63) is 46.0 Å². The van der Waals surface area contributed by atoms with Gasteiger partial charge < -0.3 is 20.0 Å². The van der Waals surface area contributed by atoms with E-state index in [0.29, 0.717) is 40.8 Å². The Balaban J connectivity index is 1.82. The molecule has 5 rings (SSSR count). The van der Waals surface area contributed by atoms with Crippen LogP contribution in [0.1, 0.15) is 24.2 Å². The van der Waals surface area contributed by atoms with Crippen molar-refractivity contribution in [2.24, 2.45) is 0 Å². The quantitative estimate of drug-likeness (QED) is 0.515. The van der Waals surface area contributed by atoms with Crippen LogP contribution in [-0.4, -0.2) is 37.2 Å². The van der Waals surface area contributed by atoms with E-state index < -0.39 is 0 Å². The number of ether oxygens (including phenoxy) is 1. The Kier molecular flexibility index (Phi) is 4.35. The number of fused-ring (bicyclic) bond motifs is 2. The highest BCUT2D eigenvalue weighted by Gasteiger charge is 2.26. The Morgan fingerprint density at radius 3 is 2.71 bits per heavy atom. The van der Waals surface area contributed by atoms with Gasteiger partial charge in [0, 0.05) is 6.61 Å². The van der Waals surface area contributed by atoms with Crippen LogP contribution in [-0.2, 0) is 11.3 Å². The number of aromatic nitrogens is 5. The minimum Gasteiger partial charge on any atom is -0.384 e. The number of hydrogen-bond donors (Lipinski definition) is 2. The lowest BCUT2D eigenvalue weighted by Crippen LogP contribution is -2.17. The van der Waals surface area contributed by atoms with Crippen molar-refractivity contribution < 1.29 is 4.74 Å². The molecule has 1 atom stereocenters. The van der Waals surface area contributed by atoms with Crippen LogP contribution in [0.4, 0.5) is 5.82 Å². The lowest BCUT2D eigenvalue weighted by Gasteiger charge is -2.13. The fourth-order valence-electron chi connectivity index (χ4n) is 3.92. The number of nitriles is 2. The number of nitrogens with two attached hydrogens (primary N) is 1. The molecule has 0 bridgehead atoms. The van der Waals surface area contributed by atoms with E-state index in [1.54, 1.807) is 28.8 Å². The van der Waals surface area contributed by atoms with Crippen LogP contribution in [0.25, 0.3) is 33.5 Å². The molecule has 1 aliphatic rings. The minimum absolute atomic E-state index is 0.0580. The Morgan fingerprint density at radius 2 is 1.97 bits per heavy atom. The summed E-state index contributed by atoms with van der Waals surface area (Å²) in [6.45, 7) is 1.08. The second-order valence-corrected chi connectivity index (χ2v) is 7.25. The van der Waals surface area contributed by atoms with Gasteiger partial charge in [-0.3, -0.25) is 4.79 Å². The van der Waals surface area contributed by atoms with Crippen LogP contribution in [0.5, 0.6) is 0 Å². The van der Waals surface area contributed by atoms with Gasteiger partial charge in [-0.05, 0) is 25.0 Å². The molecule has 3 N–H and O–H groups in total. The topological polar surface area (TPSA) is 159 Å². The molecule has 1 aliphatic heterocycles. The van der Waals surface area contributed by atoms with E-state index in [1.807, 2.05) is 12.1 Å². The number of aromatic amines is 1. The molecular formula is C21H16N8O2. The number of nitrogens with zero attached hydrogens (tertiary/aromatic N) is 6. The molecule has 152 valence electrons. The molecule has 4 heterocycles. The highest BCUT2D eigenvalue weighted by atomic mass is 16.5. The van der Waals surface area contributed by atoms with Crippen molar-refractivity contribution in [1.29, 1.82) is 10.5 Å². The minimum atomic E-state index is -0.317. The van der Waals surface area contributed by atoms with Gasteiger partial charge >= 0.3 is 0 Å². The highest BCUT2D eigenvalue weighted by Crippen LogP contribution is 2.34. The van der Waals surface area contributed by atoms with E-state index in [1.165, 1.54) is 0 Å².